The van der Waals surface area contributed by atoms with Crippen LogP contribution in [0.25, 0.3) is 0 Å². The normalized spacial score (nSPS) is 13.5. The lowest BCUT2D eigenvalue weighted by atomic mass is 10.2. The molecule has 0 aliphatic heterocycles. The van der Waals surface area contributed by atoms with Crippen molar-refractivity contribution >= 4 is 39.1 Å². The Morgan fingerprint density at radius 2 is 1.84 bits per heavy atom. The first-order valence-electron chi connectivity index (χ1n) is 10.1. The molecule has 4 rings (SSSR count). The summed E-state index contributed by atoms with van der Waals surface area (Å²) in [5, 5.41) is 6.09. The Morgan fingerprint density at radius 3 is 2.53 bits per heavy atom. The molecule has 1 aromatic heterocycles. The van der Waals surface area contributed by atoms with Crippen molar-refractivity contribution in [3.8, 4) is 0 Å². The molecule has 0 radical (unpaired) electrons. The van der Waals surface area contributed by atoms with Gasteiger partial charge >= 0.3 is 0 Å². The molecular formula is C22H24N6O3S. The van der Waals surface area contributed by atoms with Gasteiger partial charge in [0.05, 0.1) is 5.25 Å². The van der Waals surface area contributed by atoms with Crippen molar-refractivity contribution in [3.05, 3.63) is 71.4 Å². The van der Waals surface area contributed by atoms with Crippen molar-refractivity contribution in [2.45, 2.75) is 31.6 Å². The van der Waals surface area contributed by atoms with Crippen LogP contribution in [0.15, 0.2) is 54.7 Å². The summed E-state index contributed by atoms with van der Waals surface area (Å²) in [6.45, 7) is 2.16. The van der Waals surface area contributed by atoms with E-state index in [1.807, 2.05) is 31.2 Å². The van der Waals surface area contributed by atoms with Crippen LogP contribution >= 0.6 is 0 Å². The standard InChI is InChI=1S/C22H24N6O3S/c1-14-12-24-22(27-18-4-2-3-16(11-18)20(23)29)28-21(14)26-17-7-5-15(6-8-17)13-25-32(30,31)19-9-10-19/h2-8,11-12,19,25H,9-10,13H2,1H3,(H2,23,29)(H2,24,26,27,28). The molecular weight excluding hydrogens is 428 g/mol. The molecule has 9 nitrogen and oxygen atoms in total. The lowest BCUT2D eigenvalue weighted by Crippen LogP contribution is -2.26. The van der Waals surface area contributed by atoms with Gasteiger partial charge in [-0.05, 0) is 55.7 Å². The number of rotatable bonds is 9. The molecule has 0 saturated heterocycles. The fourth-order valence-corrected chi connectivity index (χ4v) is 4.39. The average Bonchev–Trinajstić information content (AvgIpc) is 3.62. The number of primary amides is 1. The average molecular weight is 453 g/mol. The highest BCUT2D eigenvalue weighted by atomic mass is 32.2. The Morgan fingerprint density at radius 1 is 1.09 bits per heavy atom. The number of amides is 1. The van der Waals surface area contributed by atoms with E-state index in [0.29, 0.717) is 23.0 Å². The summed E-state index contributed by atoms with van der Waals surface area (Å²) in [6.07, 6.45) is 3.17. The van der Waals surface area contributed by atoms with E-state index >= 15 is 0 Å². The molecule has 3 aromatic rings. The third-order valence-electron chi connectivity index (χ3n) is 5.03. The lowest BCUT2D eigenvalue weighted by Gasteiger charge is -2.12. The number of carbonyl (C=O) groups is 1. The molecule has 1 amide bonds. The van der Waals surface area contributed by atoms with Crippen molar-refractivity contribution in [1.29, 1.82) is 0 Å². The number of hydrogen-bond acceptors (Lipinski definition) is 7. The monoisotopic (exact) mass is 452 g/mol. The zero-order valence-corrected chi connectivity index (χ0v) is 18.3. The Kier molecular flexibility index (Phi) is 6.06. The Labute approximate surface area is 186 Å². The summed E-state index contributed by atoms with van der Waals surface area (Å²) < 4.78 is 26.6. The molecule has 10 heteroatoms. The summed E-state index contributed by atoms with van der Waals surface area (Å²) >= 11 is 0. The van der Waals surface area contributed by atoms with Crippen LogP contribution in [0, 0.1) is 6.92 Å². The quantitative estimate of drug-likeness (QED) is 0.391. The highest BCUT2D eigenvalue weighted by molar-refractivity contribution is 7.90. The van der Waals surface area contributed by atoms with Crippen LogP contribution in [-0.4, -0.2) is 29.5 Å². The molecule has 0 atom stereocenters. The molecule has 1 saturated carbocycles. The number of carbonyl (C=O) groups excluding carboxylic acids is 1. The third kappa shape index (κ3) is 5.40. The van der Waals surface area contributed by atoms with E-state index in [0.717, 1.165) is 29.7 Å². The van der Waals surface area contributed by atoms with Gasteiger partial charge in [-0.1, -0.05) is 18.2 Å². The number of benzene rings is 2. The van der Waals surface area contributed by atoms with Crippen molar-refractivity contribution in [2.24, 2.45) is 5.73 Å². The van der Waals surface area contributed by atoms with E-state index in [2.05, 4.69) is 25.3 Å². The number of aromatic nitrogens is 2. The van der Waals surface area contributed by atoms with Gasteiger partial charge in [-0.2, -0.15) is 4.98 Å². The van der Waals surface area contributed by atoms with Crippen LogP contribution in [0.4, 0.5) is 23.1 Å². The van der Waals surface area contributed by atoms with Gasteiger partial charge in [0.25, 0.3) is 0 Å². The van der Waals surface area contributed by atoms with Crippen LogP contribution in [0.3, 0.4) is 0 Å². The maximum atomic E-state index is 12.0. The molecule has 1 aliphatic carbocycles. The van der Waals surface area contributed by atoms with Crippen molar-refractivity contribution in [2.75, 3.05) is 10.6 Å². The Hall–Kier alpha value is -3.50. The molecule has 166 valence electrons. The second-order valence-electron chi connectivity index (χ2n) is 7.68. The summed E-state index contributed by atoms with van der Waals surface area (Å²) in [5.74, 6) is 0.478. The number of sulfonamides is 1. The first-order chi connectivity index (χ1) is 15.3. The third-order valence-corrected chi connectivity index (χ3v) is 6.93. The Bertz CT molecular complexity index is 1240. The van der Waals surface area contributed by atoms with Crippen LogP contribution in [0.1, 0.15) is 34.3 Å². The lowest BCUT2D eigenvalue weighted by molar-refractivity contribution is 0.100. The van der Waals surface area contributed by atoms with Gasteiger partial charge in [0, 0.05) is 35.2 Å². The predicted octanol–water partition coefficient (Wildman–Crippen LogP) is 2.95. The number of hydrogen-bond donors (Lipinski definition) is 4. The molecule has 0 unspecified atom stereocenters. The minimum atomic E-state index is -3.20. The van der Waals surface area contributed by atoms with Crippen LogP contribution in [0.5, 0.6) is 0 Å². The maximum absolute atomic E-state index is 12.0. The van der Waals surface area contributed by atoms with E-state index in [-0.39, 0.29) is 11.8 Å². The summed E-state index contributed by atoms with van der Waals surface area (Å²) in [4.78, 5) is 20.2. The van der Waals surface area contributed by atoms with Crippen molar-refractivity contribution < 1.29 is 13.2 Å². The summed E-state index contributed by atoms with van der Waals surface area (Å²) in [5.41, 5.74) is 8.90. The fourth-order valence-electron chi connectivity index (χ4n) is 3.03. The minimum Gasteiger partial charge on any atom is -0.366 e. The second-order valence-corrected chi connectivity index (χ2v) is 9.73. The van der Waals surface area contributed by atoms with Gasteiger partial charge in [0.15, 0.2) is 0 Å². The zero-order valence-electron chi connectivity index (χ0n) is 17.5. The largest absolute Gasteiger partial charge is 0.366 e. The van der Waals surface area contributed by atoms with Crippen LogP contribution in [0.2, 0.25) is 0 Å². The number of nitrogens with one attached hydrogen (secondary N) is 3. The van der Waals surface area contributed by atoms with Gasteiger partial charge in [-0.25, -0.2) is 18.1 Å². The first-order valence-corrected chi connectivity index (χ1v) is 11.7. The van der Waals surface area contributed by atoms with Gasteiger partial charge < -0.3 is 16.4 Å². The topological polar surface area (TPSA) is 139 Å². The van der Waals surface area contributed by atoms with E-state index in [4.69, 9.17) is 5.73 Å². The maximum Gasteiger partial charge on any atom is 0.248 e. The molecule has 1 aliphatic rings. The van der Waals surface area contributed by atoms with E-state index in [1.54, 1.807) is 30.5 Å². The number of nitrogens with zero attached hydrogens (tertiary/aromatic N) is 2. The molecule has 0 bridgehead atoms. The summed E-state index contributed by atoms with van der Waals surface area (Å²) in [6, 6.07) is 14.2. The van der Waals surface area contributed by atoms with Crippen LogP contribution < -0.4 is 21.1 Å². The molecule has 1 heterocycles. The molecule has 0 spiro atoms. The number of aryl methyl sites for hydroxylation is 1. The Balaban J connectivity index is 1.42. The highest BCUT2D eigenvalue weighted by Crippen LogP contribution is 2.27. The number of nitrogens with two attached hydrogens (primary N) is 1. The highest BCUT2D eigenvalue weighted by Gasteiger charge is 2.35. The smallest absolute Gasteiger partial charge is 0.248 e. The van der Waals surface area contributed by atoms with Gasteiger partial charge in [0.2, 0.25) is 21.9 Å². The first kappa shape index (κ1) is 21.7. The number of anilines is 4. The second kappa shape index (κ2) is 8.93. The molecule has 2 aromatic carbocycles. The predicted molar refractivity (Wildman–Crippen MR) is 124 cm³/mol. The zero-order chi connectivity index (χ0) is 22.7. The van der Waals surface area contributed by atoms with Gasteiger partial charge in [-0.15, -0.1) is 0 Å². The van der Waals surface area contributed by atoms with Crippen LogP contribution in [-0.2, 0) is 16.6 Å². The fraction of sp³-hybridized carbons (Fsp3) is 0.227. The van der Waals surface area contributed by atoms with Gasteiger partial charge in [0.1, 0.15) is 5.82 Å². The van der Waals surface area contributed by atoms with Gasteiger partial charge in [-0.3, -0.25) is 4.79 Å². The molecule has 1 fully saturated rings. The van der Waals surface area contributed by atoms with E-state index in [9.17, 15) is 13.2 Å². The van der Waals surface area contributed by atoms with E-state index < -0.39 is 15.9 Å². The van der Waals surface area contributed by atoms with Crippen molar-refractivity contribution in [1.82, 2.24) is 14.7 Å². The van der Waals surface area contributed by atoms with Crippen molar-refractivity contribution in [3.63, 3.8) is 0 Å². The minimum absolute atomic E-state index is 0.231. The molecule has 5 N–H and O–H groups in total. The SMILES string of the molecule is Cc1cnc(Nc2cccc(C(N)=O)c2)nc1Nc1ccc(CNS(=O)(=O)C2CC2)cc1. The summed E-state index contributed by atoms with van der Waals surface area (Å²) in [7, 11) is -3.20. The van der Waals surface area contributed by atoms with E-state index in [1.165, 1.54) is 0 Å². The molecule has 32 heavy (non-hydrogen) atoms.